The van der Waals surface area contributed by atoms with Crippen LogP contribution in [0.25, 0.3) is 0 Å². The Kier molecular flexibility index (Phi) is 5.16. The summed E-state index contributed by atoms with van der Waals surface area (Å²) < 4.78 is 10.3. The predicted octanol–water partition coefficient (Wildman–Crippen LogP) is 2.08. The summed E-state index contributed by atoms with van der Waals surface area (Å²) in [5, 5.41) is 3.16. The van der Waals surface area contributed by atoms with E-state index in [2.05, 4.69) is 5.32 Å². The number of nitrogens with one attached hydrogen (secondary N) is 1. The molecule has 1 unspecified atom stereocenters. The van der Waals surface area contributed by atoms with Gasteiger partial charge in [0.25, 0.3) is 0 Å². The molecule has 0 aromatic heterocycles. The van der Waals surface area contributed by atoms with Gasteiger partial charge in [-0.15, -0.1) is 0 Å². The average molecular weight is 251 g/mol. The van der Waals surface area contributed by atoms with Crippen LogP contribution in [-0.2, 0) is 15.1 Å². The Bertz CT molecular complexity index is 389. The molecule has 0 amide bonds. The summed E-state index contributed by atoms with van der Waals surface area (Å²) in [7, 11) is 1.40. The molecule has 0 fully saturated rings. The van der Waals surface area contributed by atoms with Gasteiger partial charge >= 0.3 is 5.97 Å². The molecule has 1 atom stereocenters. The van der Waals surface area contributed by atoms with E-state index in [-0.39, 0.29) is 5.97 Å². The summed E-state index contributed by atoms with van der Waals surface area (Å²) in [6, 6.07) is 7.48. The molecule has 0 aliphatic rings. The molecule has 0 spiro atoms. The van der Waals surface area contributed by atoms with Gasteiger partial charge in [0, 0.05) is 0 Å². The molecule has 0 bridgehead atoms. The maximum absolute atomic E-state index is 11.9. The first-order valence-electron chi connectivity index (χ1n) is 6.15. The quantitative estimate of drug-likeness (QED) is 0.786. The largest absolute Gasteiger partial charge is 0.494 e. The van der Waals surface area contributed by atoms with Crippen LogP contribution < -0.4 is 10.1 Å². The van der Waals surface area contributed by atoms with Crippen LogP contribution >= 0.6 is 0 Å². The molecule has 0 saturated carbocycles. The highest BCUT2D eigenvalue weighted by Crippen LogP contribution is 2.24. The van der Waals surface area contributed by atoms with Crippen molar-refractivity contribution in [2.45, 2.75) is 26.3 Å². The van der Waals surface area contributed by atoms with E-state index in [4.69, 9.17) is 9.47 Å². The zero-order valence-electron chi connectivity index (χ0n) is 11.4. The molecule has 100 valence electrons. The first-order chi connectivity index (χ1) is 8.58. The second kappa shape index (κ2) is 6.40. The second-order valence-electron chi connectivity index (χ2n) is 4.10. The molecule has 0 aliphatic heterocycles. The van der Waals surface area contributed by atoms with E-state index >= 15 is 0 Å². The summed E-state index contributed by atoms with van der Waals surface area (Å²) in [5.74, 6) is 0.499. The van der Waals surface area contributed by atoms with Crippen LogP contribution in [0.3, 0.4) is 0 Å². The lowest BCUT2D eigenvalue weighted by Crippen LogP contribution is -2.47. The number of hydrogen-bond donors (Lipinski definition) is 1. The van der Waals surface area contributed by atoms with E-state index in [0.29, 0.717) is 13.2 Å². The van der Waals surface area contributed by atoms with E-state index in [9.17, 15) is 4.79 Å². The minimum absolute atomic E-state index is 0.298. The highest BCUT2D eigenvalue weighted by atomic mass is 16.5. The van der Waals surface area contributed by atoms with E-state index in [1.165, 1.54) is 7.11 Å². The highest BCUT2D eigenvalue weighted by molar-refractivity contribution is 5.82. The van der Waals surface area contributed by atoms with Gasteiger partial charge in [-0.2, -0.15) is 0 Å². The lowest BCUT2D eigenvalue weighted by atomic mass is 9.92. The average Bonchev–Trinajstić information content (AvgIpc) is 2.39. The number of hydrogen-bond acceptors (Lipinski definition) is 4. The van der Waals surface area contributed by atoms with Crippen molar-refractivity contribution in [1.82, 2.24) is 5.32 Å². The van der Waals surface area contributed by atoms with E-state index in [1.807, 2.05) is 45.0 Å². The maximum Gasteiger partial charge on any atom is 0.330 e. The highest BCUT2D eigenvalue weighted by Gasteiger charge is 2.35. The van der Waals surface area contributed by atoms with Gasteiger partial charge in [0.1, 0.15) is 11.3 Å². The Morgan fingerprint density at radius 2 is 1.89 bits per heavy atom. The summed E-state index contributed by atoms with van der Waals surface area (Å²) in [4.78, 5) is 11.9. The lowest BCUT2D eigenvalue weighted by molar-refractivity contribution is -0.148. The molecule has 0 radical (unpaired) electrons. The Hall–Kier alpha value is -1.55. The lowest BCUT2D eigenvalue weighted by Gasteiger charge is -2.28. The molecule has 0 heterocycles. The third-order valence-electron chi connectivity index (χ3n) is 2.87. The van der Waals surface area contributed by atoms with Crippen LogP contribution in [0, 0.1) is 0 Å². The normalized spacial score (nSPS) is 13.8. The summed E-state index contributed by atoms with van der Waals surface area (Å²) >= 11 is 0. The van der Waals surface area contributed by atoms with Crippen LogP contribution in [0.5, 0.6) is 5.75 Å². The number of carbonyl (C=O) groups excluding carboxylic acids is 1. The van der Waals surface area contributed by atoms with Crippen LogP contribution in [0.1, 0.15) is 26.3 Å². The SMILES string of the molecule is CCNC(C)(C(=O)OC)c1ccc(OCC)cc1. The van der Waals surface area contributed by atoms with Crippen LogP contribution in [-0.4, -0.2) is 26.2 Å². The molecule has 1 N–H and O–H groups in total. The third kappa shape index (κ3) is 3.01. The van der Waals surface area contributed by atoms with Crippen molar-refractivity contribution in [3.63, 3.8) is 0 Å². The zero-order valence-corrected chi connectivity index (χ0v) is 11.4. The Balaban J connectivity index is 3.02. The number of benzene rings is 1. The molecule has 4 nitrogen and oxygen atoms in total. The van der Waals surface area contributed by atoms with Gasteiger partial charge in [0.15, 0.2) is 0 Å². The van der Waals surface area contributed by atoms with Crippen molar-refractivity contribution in [3.8, 4) is 5.75 Å². The smallest absolute Gasteiger partial charge is 0.330 e. The van der Waals surface area contributed by atoms with Crippen molar-refractivity contribution in [3.05, 3.63) is 29.8 Å². The van der Waals surface area contributed by atoms with Gasteiger partial charge in [0.05, 0.1) is 13.7 Å². The van der Waals surface area contributed by atoms with Crippen molar-refractivity contribution >= 4 is 5.97 Å². The number of rotatable bonds is 6. The molecule has 1 aromatic rings. The Morgan fingerprint density at radius 1 is 1.28 bits per heavy atom. The van der Waals surface area contributed by atoms with Gasteiger partial charge in [0.2, 0.25) is 0 Å². The van der Waals surface area contributed by atoms with Crippen molar-refractivity contribution in [2.75, 3.05) is 20.3 Å². The molecule has 0 aliphatic carbocycles. The standard InChI is InChI=1S/C14H21NO3/c1-5-15-14(3,13(16)17-4)11-7-9-12(10-8-11)18-6-2/h7-10,15H,5-6H2,1-4H3. The number of likely N-dealkylation sites (N-methyl/N-ethyl adjacent to an activating group) is 1. The topological polar surface area (TPSA) is 47.6 Å². The van der Waals surface area contributed by atoms with Crippen LogP contribution in [0.2, 0.25) is 0 Å². The minimum Gasteiger partial charge on any atom is -0.494 e. The van der Waals surface area contributed by atoms with E-state index in [1.54, 1.807) is 0 Å². The number of carbonyl (C=O) groups is 1. The Labute approximate surface area is 108 Å². The fourth-order valence-electron chi connectivity index (χ4n) is 1.90. The molecule has 1 aromatic carbocycles. The monoisotopic (exact) mass is 251 g/mol. The van der Waals surface area contributed by atoms with Gasteiger partial charge in [-0.25, -0.2) is 4.79 Å². The summed E-state index contributed by atoms with van der Waals surface area (Å²) in [5.41, 5.74) is 0.0356. The molecule has 18 heavy (non-hydrogen) atoms. The summed E-state index contributed by atoms with van der Waals surface area (Å²) in [6.07, 6.45) is 0. The van der Waals surface area contributed by atoms with E-state index < -0.39 is 5.54 Å². The predicted molar refractivity (Wildman–Crippen MR) is 70.7 cm³/mol. The second-order valence-corrected chi connectivity index (χ2v) is 4.10. The molecular weight excluding hydrogens is 230 g/mol. The first-order valence-corrected chi connectivity index (χ1v) is 6.15. The fraction of sp³-hybridized carbons (Fsp3) is 0.500. The van der Waals surface area contributed by atoms with Crippen LogP contribution in [0.15, 0.2) is 24.3 Å². The maximum atomic E-state index is 11.9. The fourth-order valence-corrected chi connectivity index (χ4v) is 1.90. The number of esters is 1. The summed E-state index contributed by atoms with van der Waals surface area (Å²) in [6.45, 7) is 7.01. The zero-order chi connectivity index (χ0) is 13.6. The molecular formula is C14H21NO3. The van der Waals surface area contributed by atoms with Gasteiger partial charge in [-0.3, -0.25) is 5.32 Å². The van der Waals surface area contributed by atoms with Crippen molar-refractivity contribution in [2.24, 2.45) is 0 Å². The van der Waals surface area contributed by atoms with Crippen LogP contribution in [0.4, 0.5) is 0 Å². The van der Waals surface area contributed by atoms with Gasteiger partial charge in [-0.05, 0) is 38.1 Å². The third-order valence-corrected chi connectivity index (χ3v) is 2.87. The molecule has 1 rings (SSSR count). The number of methoxy groups -OCH3 is 1. The first kappa shape index (κ1) is 14.5. The van der Waals surface area contributed by atoms with Crippen molar-refractivity contribution < 1.29 is 14.3 Å². The van der Waals surface area contributed by atoms with Crippen molar-refractivity contribution in [1.29, 1.82) is 0 Å². The van der Waals surface area contributed by atoms with E-state index in [0.717, 1.165) is 11.3 Å². The minimum atomic E-state index is -0.825. The molecule has 0 saturated heterocycles. The number of ether oxygens (including phenoxy) is 2. The Morgan fingerprint density at radius 3 is 2.33 bits per heavy atom. The van der Waals surface area contributed by atoms with Gasteiger partial charge in [-0.1, -0.05) is 19.1 Å². The van der Waals surface area contributed by atoms with Gasteiger partial charge < -0.3 is 9.47 Å². The molecule has 4 heteroatoms.